The first-order chi connectivity index (χ1) is 15.0. The quantitative estimate of drug-likeness (QED) is 0.195. The molecular weight excluding hydrogens is 456 g/mol. The lowest BCUT2D eigenvalue weighted by Crippen LogP contribution is -2.37. The largest absolute Gasteiger partial charge is 0.385 e. The molecular formula is C19H26N6O5S2. The molecule has 1 atom stereocenters. The van der Waals surface area contributed by atoms with Crippen LogP contribution < -0.4 is 16.6 Å². The third-order valence-corrected chi connectivity index (χ3v) is 6.98. The molecule has 1 aromatic rings. The molecule has 0 spiro atoms. The van der Waals surface area contributed by atoms with Crippen LogP contribution in [0.15, 0.2) is 41.1 Å². The maximum atomic E-state index is 13.4. The first kappa shape index (κ1) is 25.1. The Balaban J connectivity index is 2.43. The number of rotatable bonds is 9. The van der Waals surface area contributed by atoms with Crippen molar-refractivity contribution in [3.8, 4) is 0 Å². The number of nitrogens with two attached hydrogens (primary N) is 1. The molecule has 0 radical (unpaired) electrons. The summed E-state index contributed by atoms with van der Waals surface area (Å²) in [4.78, 5) is 42.0. The number of hydrogen-bond acceptors (Lipinski definition) is 8. The summed E-state index contributed by atoms with van der Waals surface area (Å²) < 4.78 is 24.5. The maximum Gasteiger partial charge on any atom is 0.269 e. The van der Waals surface area contributed by atoms with Gasteiger partial charge >= 0.3 is 0 Å². The number of aromatic nitrogens is 1. The van der Waals surface area contributed by atoms with Crippen molar-refractivity contribution in [1.82, 2.24) is 25.0 Å². The van der Waals surface area contributed by atoms with Gasteiger partial charge in [-0.1, -0.05) is 6.58 Å². The van der Waals surface area contributed by atoms with E-state index in [1.54, 1.807) is 4.90 Å². The molecule has 1 aliphatic rings. The summed E-state index contributed by atoms with van der Waals surface area (Å²) in [5, 5.41) is 2.70. The van der Waals surface area contributed by atoms with Crippen LogP contribution in [0.25, 0.3) is 0 Å². The number of amides is 3. The van der Waals surface area contributed by atoms with Crippen molar-refractivity contribution in [1.29, 1.82) is 0 Å². The van der Waals surface area contributed by atoms with E-state index >= 15 is 0 Å². The highest BCUT2D eigenvalue weighted by molar-refractivity contribution is 7.88. The Morgan fingerprint density at radius 2 is 2.09 bits per heavy atom. The van der Waals surface area contributed by atoms with E-state index in [1.807, 2.05) is 17.7 Å². The minimum absolute atomic E-state index is 0.0376. The van der Waals surface area contributed by atoms with Gasteiger partial charge in [0.05, 0.1) is 12.3 Å². The number of thiazole rings is 1. The van der Waals surface area contributed by atoms with Crippen LogP contribution in [0, 0.1) is 6.92 Å². The molecule has 0 bridgehead atoms. The smallest absolute Gasteiger partial charge is 0.269 e. The van der Waals surface area contributed by atoms with Gasteiger partial charge in [0.1, 0.15) is 10.8 Å². The molecule has 174 valence electrons. The number of aryl methyl sites for hydroxylation is 1. The van der Waals surface area contributed by atoms with Crippen LogP contribution in [0.1, 0.15) is 29.6 Å². The fraction of sp³-hybridized carbons (Fsp3) is 0.368. The van der Waals surface area contributed by atoms with E-state index in [0.717, 1.165) is 34.1 Å². The Bertz CT molecular complexity index is 1080. The summed E-state index contributed by atoms with van der Waals surface area (Å²) in [6.07, 6.45) is 5.09. The Morgan fingerprint density at radius 1 is 1.41 bits per heavy atom. The molecule has 1 fully saturated rings. The number of hydrogen-bond donors (Lipinski definition) is 3. The highest BCUT2D eigenvalue weighted by Crippen LogP contribution is 2.35. The van der Waals surface area contributed by atoms with E-state index < -0.39 is 21.8 Å². The number of nitrogens with zero attached hydrogens (tertiary/aromatic N) is 3. The number of carbonyl (C=O) groups is 3. The van der Waals surface area contributed by atoms with Gasteiger partial charge in [0.15, 0.2) is 0 Å². The van der Waals surface area contributed by atoms with Crippen molar-refractivity contribution < 1.29 is 22.8 Å². The monoisotopic (exact) mass is 482 g/mol. The van der Waals surface area contributed by atoms with Crippen LogP contribution in [-0.4, -0.2) is 60.7 Å². The number of sulfonamides is 1. The highest BCUT2D eigenvalue weighted by atomic mass is 32.2. The van der Waals surface area contributed by atoms with Gasteiger partial charge in [-0.15, -0.1) is 11.3 Å². The topological polar surface area (TPSA) is 155 Å². The predicted octanol–water partition coefficient (Wildman–Crippen LogP) is 0.0663. The molecule has 0 aliphatic carbocycles. The predicted molar refractivity (Wildman–Crippen MR) is 120 cm³/mol. The number of nitrogens with one attached hydrogen (secondary N) is 2. The van der Waals surface area contributed by atoms with Crippen LogP contribution in [-0.2, 0) is 24.4 Å². The van der Waals surface area contributed by atoms with Crippen LogP contribution in [0.2, 0.25) is 0 Å². The molecule has 3 amide bonds. The second-order valence-corrected chi connectivity index (χ2v) is 10.0. The lowest BCUT2D eigenvalue weighted by atomic mass is 10.1. The molecule has 13 heteroatoms. The molecule has 1 unspecified atom stereocenters. The number of likely N-dealkylation sites (tertiary alicyclic amines) is 1. The van der Waals surface area contributed by atoms with E-state index in [-0.39, 0.29) is 29.4 Å². The third kappa shape index (κ3) is 6.17. The molecule has 4 N–H and O–H groups in total. The molecule has 2 heterocycles. The van der Waals surface area contributed by atoms with Crippen molar-refractivity contribution in [3.63, 3.8) is 0 Å². The maximum absolute atomic E-state index is 13.4. The SMILES string of the molecule is C=C(/C=C(\C=C(/N)N(C)S(C)(=O)=O)C(=O)N1CCCC1c1nc(C)cs1)C(=O)NNC=O. The number of hydrazine groups is 1. The Hall–Kier alpha value is -3.19. The van der Waals surface area contributed by atoms with Crippen molar-refractivity contribution in [3.05, 3.63) is 51.8 Å². The molecule has 0 aromatic carbocycles. The van der Waals surface area contributed by atoms with Gasteiger partial charge < -0.3 is 10.6 Å². The van der Waals surface area contributed by atoms with Crippen LogP contribution in [0.5, 0.6) is 0 Å². The normalized spacial score (nSPS) is 17.1. The van der Waals surface area contributed by atoms with Gasteiger partial charge in [-0.2, -0.15) is 0 Å². The summed E-state index contributed by atoms with van der Waals surface area (Å²) >= 11 is 1.45. The zero-order chi connectivity index (χ0) is 24.1. The first-order valence-corrected chi connectivity index (χ1v) is 12.2. The zero-order valence-electron chi connectivity index (χ0n) is 18.0. The van der Waals surface area contributed by atoms with Crippen molar-refractivity contribution >= 4 is 39.6 Å². The minimum Gasteiger partial charge on any atom is -0.385 e. The fourth-order valence-electron chi connectivity index (χ4n) is 2.99. The average Bonchev–Trinajstić information content (AvgIpc) is 3.38. The highest BCUT2D eigenvalue weighted by Gasteiger charge is 2.33. The third-order valence-electron chi connectivity index (χ3n) is 4.71. The van der Waals surface area contributed by atoms with Gasteiger partial charge in [0.2, 0.25) is 16.4 Å². The summed E-state index contributed by atoms with van der Waals surface area (Å²) in [6.45, 7) is 5.94. The summed E-state index contributed by atoms with van der Waals surface area (Å²) in [5.41, 5.74) is 10.7. The van der Waals surface area contributed by atoms with Crippen molar-refractivity contribution in [2.45, 2.75) is 25.8 Å². The molecule has 32 heavy (non-hydrogen) atoms. The fourth-order valence-corrected chi connectivity index (χ4v) is 4.37. The van der Waals surface area contributed by atoms with E-state index in [1.165, 1.54) is 30.5 Å². The zero-order valence-corrected chi connectivity index (χ0v) is 19.6. The van der Waals surface area contributed by atoms with Gasteiger partial charge in [0, 0.05) is 35.8 Å². The van der Waals surface area contributed by atoms with E-state index in [4.69, 9.17) is 5.73 Å². The van der Waals surface area contributed by atoms with Gasteiger partial charge in [-0.3, -0.25) is 29.5 Å². The number of carbonyl (C=O) groups excluding carboxylic acids is 3. The Kier molecular flexibility index (Phi) is 8.16. The van der Waals surface area contributed by atoms with E-state index in [9.17, 15) is 22.8 Å². The summed E-state index contributed by atoms with van der Waals surface area (Å²) in [5.74, 6) is -1.42. The second kappa shape index (κ2) is 10.4. The lowest BCUT2D eigenvalue weighted by Gasteiger charge is -2.24. The summed E-state index contributed by atoms with van der Waals surface area (Å²) in [6, 6.07) is -0.245. The van der Waals surface area contributed by atoms with Crippen LogP contribution in [0.4, 0.5) is 0 Å². The Labute approximate surface area is 190 Å². The van der Waals surface area contributed by atoms with Crippen molar-refractivity contribution in [2.24, 2.45) is 5.73 Å². The standard InChI is InChI=1S/C19H26N6O5S2/c1-12(17(27)23-21-11-26)8-14(9-16(20)24(3)32(4,29)30)19(28)25-7-5-6-15(25)18-22-13(2)10-31-18/h8-11,15H,1,5-7,20H2,2-4H3,(H,21,26)(H,23,27)/b14-8+,16-9+. The van der Waals surface area contributed by atoms with Crippen LogP contribution in [0.3, 0.4) is 0 Å². The molecule has 1 saturated heterocycles. The van der Waals surface area contributed by atoms with Crippen LogP contribution >= 0.6 is 11.3 Å². The molecule has 1 aromatic heterocycles. The molecule has 0 saturated carbocycles. The van der Waals surface area contributed by atoms with E-state index in [0.29, 0.717) is 6.54 Å². The first-order valence-electron chi connectivity index (χ1n) is 9.50. The minimum atomic E-state index is -3.67. The molecule has 2 rings (SSSR count). The summed E-state index contributed by atoms with van der Waals surface area (Å²) in [7, 11) is -2.43. The van der Waals surface area contributed by atoms with Gasteiger partial charge in [-0.25, -0.2) is 13.4 Å². The van der Waals surface area contributed by atoms with Gasteiger partial charge in [-0.05, 0) is 31.9 Å². The second-order valence-electron chi connectivity index (χ2n) is 7.12. The Morgan fingerprint density at radius 3 is 2.66 bits per heavy atom. The average molecular weight is 483 g/mol. The molecule has 11 nitrogen and oxygen atoms in total. The van der Waals surface area contributed by atoms with Gasteiger partial charge in [0.25, 0.3) is 11.8 Å². The lowest BCUT2D eigenvalue weighted by molar-refractivity contribution is -0.127. The molecule has 1 aliphatic heterocycles. The van der Waals surface area contributed by atoms with E-state index in [2.05, 4.69) is 17.0 Å². The van der Waals surface area contributed by atoms with Crippen molar-refractivity contribution in [2.75, 3.05) is 19.8 Å².